The fourth-order valence-corrected chi connectivity index (χ4v) is 3.81. The lowest BCUT2D eigenvalue weighted by Gasteiger charge is -2.44. The molecular weight excluding hydrogens is 304 g/mol. The molecule has 5 nitrogen and oxygen atoms in total. The van der Waals surface area contributed by atoms with Crippen LogP contribution in [0, 0.1) is 16.0 Å². The van der Waals surface area contributed by atoms with Gasteiger partial charge < -0.3 is 0 Å². The maximum absolute atomic E-state index is 12.3. The average molecular weight is 323 g/mol. The molecule has 0 spiro atoms. The Morgan fingerprint density at radius 1 is 1.32 bits per heavy atom. The van der Waals surface area contributed by atoms with Crippen molar-refractivity contribution in [2.45, 2.75) is 38.1 Å². The summed E-state index contributed by atoms with van der Waals surface area (Å²) >= 11 is 5.82. The number of Topliss-reactive ketones (excluding diaryl/α,β-unsaturated/α-hetero) is 1. The van der Waals surface area contributed by atoms with Crippen LogP contribution in [0.4, 0.5) is 5.69 Å². The summed E-state index contributed by atoms with van der Waals surface area (Å²) in [4.78, 5) is 25.0. The van der Waals surface area contributed by atoms with Gasteiger partial charge in [-0.25, -0.2) is 0 Å². The third-order valence-electron chi connectivity index (χ3n) is 4.85. The summed E-state index contributed by atoms with van der Waals surface area (Å²) < 4.78 is 0. The van der Waals surface area contributed by atoms with Crippen molar-refractivity contribution in [3.8, 4) is 0 Å². The first kappa shape index (κ1) is 15.4. The summed E-state index contributed by atoms with van der Waals surface area (Å²) in [5.41, 5.74) is 0.857. The third-order valence-corrected chi connectivity index (χ3v) is 5.17. The molecule has 0 radical (unpaired) electrons. The normalized spacial score (nSPS) is 27.1. The van der Waals surface area contributed by atoms with Crippen LogP contribution in [0.3, 0.4) is 0 Å². The summed E-state index contributed by atoms with van der Waals surface area (Å²) in [5, 5.41) is 11.1. The highest BCUT2D eigenvalue weighted by Gasteiger charge is 2.40. The van der Waals surface area contributed by atoms with E-state index in [1.54, 1.807) is 6.07 Å². The molecule has 1 aromatic carbocycles. The van der Waals surface area contributed by atoms with Gasteiger partial charge in [0.15, 0.2) is 5.78 Å². The molecule has 0 saturated carbocycles. The second kappa shape index (κ2) is 6.34. The van der Waals surface area contributed by atoms with Crippen LogP contribution in [0.25, 0.3) is 0 Å². The van der Waals surface area contributed by atoms with E-state index in [0.29, 0.717) is 5.78 Å². The Balaban J connectivity index is 1.58. The molecule has 4 rings (SSSR count). The molecule has 22 heavy (non-hydrogen) atoms. The topological polar surface area (TPSA) is 63.5 Å². The standard InChI is InChI=1S/C16H19ClN2O3/c17-13-5-4-11(10-15(13)19(21)22)2-1-3-14-16(20)12-6-8-18(14)9-7-12/h4-5,10,12,14H,1-3,6-9H2. The Kier molecular flexibility index (Phi) is 4.45. The van der Waals surface area contributed by atoms with E-state index in [-0.39, 0.29) is 22.7 Å². The number of halogens is 1. The minimum atomic E-state index is -0.457. The molecule has 3 heterocycles. The van der Waals surface area contributed by atoms with Crippen LogP contribution in [0.5, 0.6) is 0 Å². The Morgan fingerprint density at radius 2 is 2.05 bits per heavy atom. The summed E-state index contributed by atoms with van der Waals surface area (Å²) in [6.45, 7) is 2.07. The molecule has 3 fully saturated rings. The summed E-state index contributed by atoms with van der Waals surface area (Å²) in [6.07, 6.45) is 4.46. The average Bonchev–Trinajstić information content (AvgIpc) is 2.52. The van der Waals surface area contributed by atoms with Crippen molar-refractivity contribution in [2.24, 2.45) is 5.92 Å². The molecule has 0 amide bonds. The summed E-state index contributed by atoms with van der Waals surface area (Å²) in [6, 6.07) is 5.00. The predicted octanol–water partition coefficient (Wildman–Crippen LogP) is 3.23. The molecule has 6 heteroatoms. The molecule has 1 aromatic rings. The minimum absolute atomic E-state index is 0.0456. The van der Waals surface area contributed by atoms with Crippen LogP contribution >= 0.6 is 11.6 Å². The number of nitro groups is 1. The van der Waals surface area contributed by atoms with Crippen molar-refractivity contribution in [3.05, 3.63) is 38.9 Å². The van der Waals surface area contributed by atoms with Gasteiger partial charge in [-0.3, -0.25) is 19.8 Å². The van der Waals surface area contributed by atoms with E-state index in [4.69, 9.17) is 11.6 Å². The fourth-order valence-electron chi connectivity index (χ4n) is 3.63. The second-order valence-corrected chi connectivity index (χ2v) is 6.57. The van der Waals surface area contributed by atoms with Gasteiger partial charge in [0, 0.05) is 12.0 Å². The maximum Gasteiger partial charge on any atom is 0.288 e. The molecule has 2 bridgehead atoms. The van der Waals surface area contributed by atoms with E-state index in [9.17, 15) is 14.9 Å². The first-order valence-electron chi connectivity index (χ1n) is 7.77. The maximum atomic E-state index is 12.3. The first-order valence-corrected chi connectivity index (χ1v) is 8.14. The van der Waals surface area contributed by atoms with Crippen LogP contribution in [0.15, 0.2) is 18.2 Å². The number of fused-ring (bicyclic) bond motifs is 3. The van der Waals surface area contributed by atoms with Crippen LogP contribution in [0.2, 0.25) is 5.02 Å². The molecule has 1 unspecified atom stereocenters. The fraction of sp³-hybridized carbons (Fsp3) is 0.562. The van der Waals surface area contributed by atoms with E-state index in [1.807, 2.05) is 6.07 Å². The molecule has 0 aromatic heterocycles. The zero-order valence-electron chi connectivity index (χ0n) is 12.3. The lowest BCUT2D eigenvalue weighted by molar-refractivity contribution is -0.384. The molecule has 118 valence electrons. The van der Waals surface area contributed by atoms with E-state index in [0.717, 1.165) is 50.8 Å². The van der Waals surface area contributed by atoms with Gasteiger partial charge in [0.05, 0.1) is 11.0 Å². The van der Waals surface area contributed by atoms with Crippen molar-refractivity contribution < 1.29 is 9.72 Å². The van der Waals surface area contributed by atoms with Crippen LogP contribution in [0.1, 0.15) is 31.2 Å². The van der Waals surface area contributed by atoms with Crippen LogP contribution in [-0.2, 0) is 11.2 Å². The van der Waals surface area contributed by atoms with E-state index in [2.05, 4.69) is 4.90 Å². The Labute approximate surface area is 134 Å². The quantitative estimate of drug-likeness (QED) is 0.616. The van der Waals surface area contributed by atoms with Crippen molar-refractivity contribution in [1.29, 1.82) is 0 Å². The number of benzene rings is 1. The molecular formula is C16H19ClN2O3. The van der Waals surface area contributed by atoms with Gasteiger partial charge in [0.2, 0.25) is 0 Å². The van der Waals surface area contributed by atoms with Gasteiger partial charge in [-0.05, 0) is 56.8 Å². The minimum Gasteiger partial charge on any atom is -0.298 e. The van der Waals surface area contributed by atoms with Crippen molar-refractivity contribution in [3.63, 3.8) is 0 Å². The van der Waals surface area contributed by atoms with E-state index >= 15 is 0 Å². The molecule has 3 aliphatic rings. The Hall–Kier alpha value is -1.46. The molecule has 0 aliphatic carbocycles. The number of rotatable bonds is 5. The number of hydrogen-bond acceptors (Lipinski definition) is 4. The second-order valence-electron chi connectivity index (χ2n) is 6.16. The van der Waals surface area contributed by atoms with E-state index < -0.39 is 4.92 Å². The lowest BCUT2D eigenvalue weighted by atomic mass is 9.80. The number of nitro benzene ring substituents is 1. The third kappa shape index (κ3) is 3.01. The molecule has 0 N–H and O–H groups in total. The number of aryl methyl sites for hydroxylation is 1. The number of carbonyl (C=O) groups excluding carboxylic acids is 1. The van der Waals surface area contributed by atoms with E-state index in [1.165, 1.54) is 6.07 Å². The van der Waals surface area contributed by atoms with Gasteiger partial charge >= 0.3 is 0 Å². The van der Waals surface area contributed by atoms with Gasteiger partial charge in [-0.2, -0.15) is 0 Å². The Morgan fingerprint density at radius 3 is 2.68 bits per heavy atom. The highest BCUT2D eigenvalue weighted by Crippen LogP contribution is 2.31. The van der Waals surface area contributed by atoms with Crippen LogP contribution in [-0.4, -0.2) is 34.7 Å². The molecule has 3 aliphatic heterocycles. The zero-order chi connectivity index (χ0) is 15.7. The molecule has 3 saturated heterocycles. The number of ketones is 1. The first-order chi connectivity index (χ1) is 10.6. The van der Waals surface area contributed by atoms with Gasteiger partial charge in [-0.15, -0.1) is 0 Å². The van der Waals surface area contributed by atoms with Crippen LogP contribution < -0.4 is 0 Å². The SMILES string of the molecule is O=C1C2CCN(CC2)C1CCCc1ccc(Cl)c([N+](=O)[O-])c1. The Bertz CT molecular complexity index is 597. The van der Waals surface area contributed by atoms with Gasteiger partial charge in [-0.1, -0.05) is 17.7 Å². The summed E-state index contributed by atoms with van der Waals surface area (Å²) in [7, 11) is 0. The van der Waals surface area contributed by atoms with Gasteiger partial charge in [0.1, 0.15) is 5.02 Å². The lowest BCUT2D eigenvalue weighted by Crippen LogP contribution is -2.55. The van der Waals surface area contributed by atoms with Gasteiger partial charge in [0.25, 0.3) is 5.69 Å². The van der Waals surface area contributed by atoms with Crippen molar-refractivity contribution in [1.82, 2.24) is 4.90 Å². The number of carbonyl (C=O) groups is 1. The summed E-state index contributed by atoms with van der Waals surface area (Å²) in [5.74, 6) is 0.672. The number of piperidine rings is 3. The highest BCUT2D eigenvalue weighted by molar-refractivity contribution is 6.32. The monoisotopic (exact) mass is 322 g/mol. The smallest absolute Gasteiger partial charge is 0.288 e. The van der Waals surface area contributed by atoms with Crippen molar-refractivity contribution in [2.75, 3.05) is 13.1 Å². The zero-order valence-corrected chi connectivity index (χ0v) is 13.1. The predicted molar refractivity (Wildman–Crippen MR) is 84.1 cm³/mol. The number of nitrogens with zero attached hydrogens (tertiary/aromatic N) is 2. The van der Waals surface area contributed by atoms with Crippen molar-refractivity contribution >= 4 is 23.1 Å². The highest BCUT2D eigenvalue weighted by atomic mass is 35.5. The largest absolute Gasteiger partial charge is 0.298 e. The number of hydrogen-bond donors (Lipinski definition) is 0. The molecule has 1 atom stereocenters.